The summed E-state index contributed by atoms with van der Waals surface area (Å²) in [5, 5.41) is 15.4. The van der Waals surface area contributed by atoms with Gasteiger partial charge >= 0.3 is 0 Å². The average Bonchev–Trinajstić information content (AvgIpc) is 2.54. The molecule has 0 unspecified atom stereocenters. The van der Waals surface area contributed by atoms with Crippen molar-refractivity contribution >= 4 is 45.6 Å². The minimum absolute atomic E-state index is 0.0160. The van der Waals surface area contributed by atoms with Crippen molar-refractivity contribution in [3.63, 3.8) is 0 Å². The summed E-state index contributed by atoms with van der Waals surface area (Å²) in [5.41, 5.74) is 0.948. The zero-order valence-electron chi connectivity index (χ0n) is 12.0. The summed E-state index contributed by atoms with van der Waals surface area (Å²) >= 11 is 12.2. The second kappa shape index (κ2) is 6.49. The van der Waals surface area contributed by atoms with Gasteiger partial charge in [0.15, 0.2) is 0 Å². The van der Waals surface area contributed by atoms with Crippen molar-refractivity contribution in [3.05, 3.63) is 70.2 Å². The first-order valence-electron chi connectivity index (χ1n) is 6.99. The maximum absolute atomic E-state index is 12.3. The van der Waals surface area contributed by atoms with Crippen LogP contribution < -0.4 is 5.32 Å². The highest BCUT2D eigenvalue weighted by Crippen LogP contribution is 2.33. The molecule has 116 valence electrons. The van der Waals surface area contributed by atoms with Gasteiger partial charge in [-0.3, -0.25) is 4.79 Å². The molecule has 1 amide bonds. The third-order valence-electron chi connectivity index (χ3n) is 3.57. The summed E-state index contributed by atoms with van der Waals surface area (Å²) in [5.74, 6) is -0.283. The zero-order valence-corrected chi connectivity index (χ0v) is 13.5. The van der Waals surface area contributed by atoms with Gasteiger partial charge in [-0.1, -0.05) is 59.6 Å². The van der Waals surface area contributed by atoms with E-state index < -0.39 is 0 Å². The summed E-state index contributed by atoms with van der Waals surface area (Å²) in [6, 6.07) is 15.9. The van der Waals surface area contributed by atoms with Crippen molar-refractivity contribution in [1.29, 1.82) is 0 Å². The first-order valence-corrected chi connectivity index (χ1v) is 7.75. The molecule has 2 N–H and O–H groups in total. The Morgan fingerprint density at radius 2 is 1.65 bits per heavy atom. The first-order chi connectivity index (χ1) is 11.1. The number of phenolic OH excluding ortho intramolecular Hbond substituents is 1. The van der Waals surface area contributed by atoms with Crippen LogP contribution in [-0.4, -0.2) is 11.0 Å². The zero-order chi connectivity index (χ0) is 16.4. The molecule has 0 aliphatic carbocycles. The number of benzene rings is 3. The van der Waals surface area contributed by atoms with Crippen molar-refractivity contribution in [3.8, 4) is 5.75 Å². The van der Waals surface area contributed by atoms with E-state index in [2.05, 4.69) is 5.32 Å². The number of phenols is 1. The van der Waals surface area contributed by atoms with Crippen molar-refractivity contribution < 1.29 is 9.90 Å². The number of carbonyl (C=O) groups is 1. The van der Waals surface area contributed by atoms with Crippen LogP contribution in [0.3, 0.4) is 0 Å². The molecule has 3 nitrogen and oxygen atoms in total. The SMILES string of the molecule is O=C(Cc1c(Cl)cccc1Cl)Nc1c(O)ccc2ccccc12. The molecule has 3 aromatic rings. The second-order valence-electron chi connectivity index (χ2n) is 5.11. The van der Waals surface area contributed by atoms with E-state index in [1.54, 1.807) is 30.3 Å². The van der Waals surface area contributed by atoms with Crippen LogP contribution in [0.4, 0.5) is 5.69 Å². The monoisotopic (exact) mass is 345 g/mol. The van der Waals surface area contributed by atoms with Crippen molar-refractivity contribution in [1.82, 2.24) is 0 Å². The molecule has 0 aliphatic heterocycles. The van der Waals surface area contributed by atoms with E-state index in [9.17, 15) is 9.90 Å². The van der Waals surface area contributed by atoms with Crippen LogP contribution in [0.1, 0.15) is 5.56 Å². The van der Waals surface area contributed by atoms with E-state index in [4.69, 9.17) is 23.2 Å². The largest absolute Gasteiger partial charge is 0.506 e. The molecule has 0 aromatic heterocycles. The van der Waals surface area contributed by atoms with E-state index >= 15 is 0 Å². The van der Waals surface area contributed by atoms with Gasteiger partial charge in [0, 0.05) is 15.4 Å². The van der Waals surface area contributed by atoms with Gasteiger partial charge in [-0.05, 0) is 29.1 Å². The molecule has 0 spiro atoms. The topological polar surface area (TPSA) is 49.3 Å². The Kier molecular flexibility index (Phi) is 4.42. The maximum atomic E-state index is 12.3. The Morgan fingerprint density at radius 1 is 0.957 bits per heavy atom. The molecular formula is C18H13Cl2NO2. The maximum Gasteiger partial charge on any atom is 0.229 e. The molecule has 0 aliphatic rings. The molecule has 0 radical (unpaired) electrons. The fourth-order valence-corrected chi connectivity index (χ4v) is 2.97. The van der Waals surface area contributed by atoms with Crippen molar-refractivity contribution in [2.24, 2.45) is 0 Å². The summed E-state index contributed by atoms with van der Waals surface area (Å²) in [4.78, 5) is 12.3. The van der Waals surface area contributed by atoms with Crippen LogP contribution in [0.5, 0.6) is 5.75 Å². The molecular weight excluding hydrogens is 333 g/mol. The number of anilines is 1. The predicted molar refractivity (Wildman–Crippen MR) is 94.4 cm³/mol. The highest BCUT2D eigenvalue weighted by Gasteiger charge is 2.14. The second-order valence-corrected chi connectivity index (χ2v) is 5.92. The number of halogens is 2. The molecule has 3 aromatic carbocycles. The first kappa shape index (κ1) is 15.7. The standard InChI is InChI=1S/C18H13Cl2NO2/c19-14-6-3-7-15(20)13(14)10-17(23)21-18-12-5-2-1-4-11(12)8-9-16(18)22/h1-9,22H,10H2,(H,21,23). The van der Waals surface area contributed by atoms with E-state index in [0.717, 1.165) is 10.8 Å². The van der Waals surface area contributed by atoms with E-state index in [1.807, 2.05) is 24.3 Å². The number of hydrogen-bond donors (Lipinski definition) is 2. The minimum Gasteiger partial charge on any atom is -0.506 e. The molecule has 0 heterocycles. The molecule has 0 bridgehead atoms. The van der Waals surface area contributed by atoms with Crippen molar-refractivity contribution in [2.45, 2.75) is 6.42 Å². The fraction of sp³-hybridized carbons (Fsp3) is 0.0556. The Bertz CT molecular complexity index is 873. The summed E-state index contributed by atoms with van der Waals surface area (Å²) in [6.45, 7) is 0. The lowest BCUT2D eigenvalue weighted by Crippen LogP contribution is -2.15. The molecule has 3 rings (SSSR count). The predicted octanol–water partition coefficient (Wildman–Crippen LogP) is 5.03. The number of carbonyl (C=O) groups excluding carboxylic acids is 1. The number of fused-ring (bicyclic) bond motifs is 1. The fourth-order valence-electron chi connectivity index (χ4n) is 2.44. The summed E-state index contributed by atoms with van der Waals surface area (Å²) in [6.07, 6.45) is 0.0289. The minimum atomic E-state index is -0.299. The lowest BCUT2D eigenvalue weighted by Gasteiger charge is -2.12. The van der Waals surface area contributed by atoms with Crippen LogP contribution in [-0.2, 0) is 11.2 Å². The third-order valence-corrected chi connectivity index (χ3v) is 4.28. The summed E-state index contributed by atoms with van der Waals surface area (Å²) in [7, 11) is 0. The van der Waals surface area contributed by atoms with E-state index in [1.165, 1.54) is 0 Å². The Balaban J connectivity index is 1.90. The number of rotatable bonds is 3. The molecule has 5 heteroatoms. The van der Waals surface area contributed by atoms with Gasteiger partial charge in [-0.15, -0.1) is 0 Å². The molecule has 0 fully saturated rings. The number of nitrogens with one attached hydrogen (secondary N) is 1. The smallest absolute Gasteiger partial charge is 0.229 e. The van der Waals surface area contributed by atoms with Crippen LogP contribution >= 0.6 is 23.2 Å². The van der Waals surface area contributed by atoms with Crippen LogP contribution in [0.2, 0.25) is 10.0 Å². The number of amides is 1. The Hall–Kier alpha value is -2.23. The van der Waals surface area contributed by atoms with Gasteiger partial charge in [0.25, 0.3) is 0 Å². The van der Waals surface area contributed by atoms with Crippen LogP contribution in [0.25, 0.3) is 10.8 Å². The average molecular weight is 346 g/mol. The third kappa shape index (κ3) is 3.26. The highest BCUT2D eigenvalue weighted by molar-refractivity contribution is 6.36. The van der Waals surface area contributed by atoms with E-state index in [-0.39, 0.29) is 18.1 Å². The van der Waals surface area contributed by atoms with Crippen LogP contribution in [0, 0.1) is 0 Å². The molecule has 0 saturated heterocycles. The van der Waals surface area contributed by atoms with Gasteiger partial charge in [0.2, 0.25) is 5.91 Å². The van der Waals surface area contributed by atoms with Gasteiger partial charge in [0.1, 0.15) is 5.75 Å². The van der Waals surface area contributed by atoms with Gasteiger partial charge in [-0.2, -0.15) is 0 Å². The summed E-state index contributed by atoms with van der Waals surface area (Å²) < 4.78 is 0. The van der Waals surface area contributed by atoms with Gasteiger partial charge in [-0.25, -0.2) is 0 Å². The molecule has 0 atom stereocenters. The number of hydrogen-bond acceptors (Lipinski definition) is 2. The van der Waals surface area contributed by atoms with Gasteiger partial charge < -0.3 is 10.4 Å². The van der Waals surface area contributed by atoms with E-state index in [0.29, 0.717) is 21.3 Å². The number of aromatic hydroxyl groups is 1. The van der Waals surface area contributed by atoms with Gasteiger partial charge in [0.05, 0.1) is 12.1 Å². The molecule has 23 heavy (non-hydrogen) atoms. The Morgan fingerprint density at radius 3 is 2.39 bits per heavy atom. The lowest BCUT2D eigenvalue weighted by molar-refractivity contribution is -0.115. The highest BCUT2D eigenvalue weighted by atomic mass is 35.5. The normalized spacial score (nSPS) is 10.7. The van der Waals surface area contributed by atoms with Crippen LogP contribution in [0.15, 0.2) is 54.6 Å². The van der Waals surface area contributed by atoms with Crippen molar-refractivity contribution in [2.75, 3.05) is 5.32 Å². The lowest BCUT2D eigenvalue weighted by atomic mass is 10.1. The quantitative estimate of drug-likeness (QED) is 0.653. The Labute approximate surface area is 143 Å². The molecule has 0 saturated carbocycles.